The third-order valence-corrected chi connectivity index (χ3v) is 8.24. The molecule has 0 saturated carbocycles. The van der Waals surface area contributed by atoms with Crippen LogP contribution in [0.3, 0.4) is 0 Å². The average molecular weight is 571 g/mol. The Labute approximate surface area is 236 Å². The third-order valence-electron chi connectivity index (χ3n) is 7.91. The van der Waals surface area contributed by atoms with E-state index in [4.69, 9.17) is 11.6 Å². The van der Waals surface area contributed by atoms with Crippen LogP contribution in [0, 0.1) is 0 Å². The number of anilines is 1. The van der Waals surface area contributed by atoms with Crippen molar-refractivity contribution < 1.29 is 22.8 Å². The summed E-state index contributed by atoms with van der Waals surface area (Å²) in [6.07, 6.45) is 2.84. The first kappa shape index (κ1) is 28.0. The summed E-state index contributed by atoms with van der Waals surface area (Å²) in [7, 11) is 1.82. The lowest BCUT2D eigenvalue weighted by Gasteiger charge is -2.38. The fourth-order valence-corrected chi connectivity index (χ4v) is 5.83. The van der Waals surface area contributed by atoms with Crippen molar-refractivity contribution >= 4 is 29.1 Å². The summed E-state index contributed by atoms with van der Waals surface area (Å²) >= 11 is 6.09. The monoisotopic (exact) mass is 570 g/mol. The van der Waals surface area contributed by atoms with Crippen molar-refractivity contribution in [2.75, 3.05) is 25.0 Å². The molecule has 6 nitrogen and oxygen atoms in total. The zero-order valence-electron chi connectivity index (χ0n) is 22.0. The van der Waals surface area contributed by atoms with Crippen LogP contribution in [0.4, 0.5) is 18.9 Å². The number of rotatable bonds is 5. The first-order valence-corrected chi connectivity index (χ1v) is 13.7. The normalized spacial score (nSPS) is 17.7. The number of fused-ring (bicyclic) bond motifs is 1. The molecule has 2 aliphatic rings. The molecule has 1 aromatic heterocycles. The first-order valence-electron chi connectivity index (χ1n) is 13.3. The highest BCUT2D eigenvalue weighted by Gasteiger charge is 2.33. The van der Waals surface area contributed by atoms with Crippen molar-refractivity contribution in [1.29, 1.82) is 0 Å². The zero-order valence-corrected chi connectivity index (χ0v) is 22.8. The summed E-state index contributed by atoms with van der Waals surface area (Å²) in [5.74, 6) is -0.773. The number of hydrogen-bond acceptors (Lipinski definition) is 4. The lowest BCUT2D eigenvalue weighted by atomic mass is 9.86. The zero-order chi connectivity index (χ0) is 28.4. The van der Waals surface area contributed by atoms with Crippen molar-refractivity contribution in [1.82, 2.24) is 15.2 Å². The van der Waals surface area contributed by atoms with Gasteiger partial charge in [-0.05, 0) is 85.7 Å². The maximum Gasteiger partial charge on any atom is 0.416 e. The number of carbonyl (C=O) groups is 2. The second kappa shape index (κ2) is 11.5. The van der Waals surface area contributed by atoms with Crippen LogP contribution in [0.1, 0.15) is 69.1 Å². The van der Waals surface area contributed by atoms with Gasteiger partial charge < -0.3 is 15.1 Å². The largest absolute Gasteiger partial charge is 0.416 e. The highest BCUT2D eigenvalue weighted by atomic mass is 35.5. The van der Waals surface area contributed by atoms with Gasteiger partial charge in [-0.1, -0.05) is 17.7 Å². The number of alkyl halides is 3. The molecule has 2 amide bonds. The molecule has 5 rings (SSSR count). The Bertz CT molecular complexity index is 1390. The van der Waals surface area contributed by atoms with Gasteiger partial charge in [0, 0.05) is 49.8 Å². The highest BCUT2D eigenvalue weighted by molar-refractivity contribution is 6.33. The number of amides is 2. The standard InChI is InChI=1S/C30H30ClF3N4O2/c1-37(22-11-15-38(16-12-22)23-9-13-35-14-10-23)29(40)20-6-5-19-3-2-4-27(24(19)17-20)36-28(39)25-18-21(30(32,33)34)7-8-26(25)31/h5-10,13-14,17-18,22,27H,2-4,11-12,15-16H2,1H3,(H,36,39). The Morgan fingerprint density at radius 2 is 1.75 bits per heavy atom. The van der Waals surface area contributed by atoms with Crippen molar-refractivity contribution in [2.24, 2.45) is 0 Å². The van der Waals surface area contributed by atoms with Gasteiger partial charge >= 0.3 is 6.18 Å². The fourth-order valence-electron chi connectivity index (χ4n) is 5.63. The molecule has 210 valence electrons. The molecule has 40 heavy (non-hydrogen) atoms. The Hall–Kier alpha value is -3.59. The number of piperidine rings is 1. The number of hydrogen-bond donors (Lipinski definition) is 1. The minimum absolute atomic E-state index is 0.0536. The number of aryl methyl sites for hydroxylation is 1. The molecular formula is C30H30ClF3N4O2. The Balaban J connectivity index is 1.29. The number of carbonyl (C=O) groups excluding carboxylic acids is 2. The summed E-state index contributed by atoms with van der Waals surface area (Å²) in [6, 6.07) is 11.9. The van der Waals surface area contributed by atoms with E-state index in [0.717, 1.165) is 73.8 Å². The molecule has 1 N–H and O–H groups in total. The number of aromatic nitrogens is 1. The van der Waals surface area contributed by atoms with E-state index >= 15 is 0 Å². The Kier molecular flexibility index (Phi) is 8.03. The highest BCUT2D eigenvalue weighted by Crippen LogP contribution is 2.34. The summed E-state index contributed by atoms with van der Waals surface area (Å²) in [5, 5.41) is 2.81. The van der Waals surface area contributed by atoms with Crippen LogP contribution >= 0.6 is 11.6 Å². The van der Waals surface area contributed by atoms with E-state index in [0.29, 0.717) is 12.0 Å². The maximum atomic E-state index is 13.5. The van der Waals surface area contributed by atoms with E-state index < -0.39 is 23.7 Å². The second-order valence-corrected chi connectivity index (χ2v) is 10.8. The molecule has 2 aromatic carbocycles. The Morgan fingerprint density at radius 3 is 2.45 bits per heavy atom. The van der Waals surface area contributed by atoms with Gasteiger partial charge in [0.2, 0.25) is 0 Å². The summed E-state index contributed by atoms with van der Waals surface area (Å²) in [5.41, 5.74) is 2.31. The van der Waals surface area contributed by atoms with Gasteiger partial charge in [0.15, 0.2) is 0 Å². The molecule has 1 saturated heterocycles. The average Bonchev–Trinajstić information content (AvgIpc) is 2.96. The number of halogens is 4. The molecule has 0 bridgehead atoms. The summed E-state index contributed by atoms with van der Waals surface area (Å²) in [4.78, 5) is 34.7. The van der Waals surface area contributed by atoms with Crippen LogP contribution < -0.4 is 10.2 Å². The van der Waals surface area contributed by atoms with Gasteiger partial charge in [0.1, 0.15) is 0 Å². The van der Waals surface area contributed by atoms with E-state index in [2.05, 4.69) is 15.2 Å². The maximum absolute atomic E-state index is 13.5. The van der Waals surface area contributed by atoms with Gasteiger partial charge in [0.05, 0.1) is 22.2 Å². The van der Waals surface area contributed by atoms with Crippen molar-refractivity contribution in [3.05, 3.63) is 93.8 Å². The molecule has 2 heterocycles. The van der Waals surface area contributed by atoms with Crippen LogP contribution in [-0.4, -0.2) is 47.9 Å². The van der Waals surface area contributed by atoms with Crippen LogP contribution in [0.5, 0.6) is 0 Å². The lowest BCUT2D eigenvalue weighted by molar-refractivity contribution is -0.137. The summed E-state index contributed by atoms with van der Waals surface area (Å²) in [6.45, 7) is 1.67. The van der Waals surface area contributed by atoms with Gasteiger partial charge in [-0.2, -0.15) is 13.2 Å². The van der Waals surface area contributed by atoms with Crippen LogP contribution in [0.25, 0.3) is 0 Å². The predicted molar refractivity (Wildman–Crippen MR) is 148 cm³/mol. The van der Waals surface area contributed by atoms with E-state index in [9.17, 15) is 22.8 Å². The molecule has 1 aliphatic heterocycles. The molecule has 1 aliphatic carbocycles. The number of benzene rings is 2. The number of pyridine rings is 1. The summed E-state index contributed by atoms with van der Waals surface area (Å²) < 4.78 is 39.7. The van der Waals surface area contributed by atoms with Crippen LogP contribution in [0.15, 0.2) is 60.9 Å². The molecule has 10 heteroatoms. The SMILES string of the molecule is CN(C(=O)c1ccc2c(c1)C(NC(=O)c1cc(C(F)(F)F)ccc1Cl)CCC2)C1CCN(c2ccncc2)CC1. The minimum Gasteiger partial charge on any atom is -0.371 e. The topological polar surface area (TPSA) is 65.5 Å². The molecule has 1 atom stereocenters. The molecule has 0 radical (unpaired) electrons. The molecule has 3 aromatic rings. The van der Waals surface area contributed by atoms with E-state index in [1.807, 2.05) is 37.4 Å². The molecule has 0 spiro atoms. The van der Waals surface area contributed by atoms with Crippen molar-refractivity contribution in [2.45, 2.75) is 50.4 Å². The van der Waals surface area contributed by atoms with Crippen LogP contribution in [-0.2, 0) is 12.6 Å². The van der Waals surface area contributed by atoms with E-state index in [-0.39, 0.29) is 22.5 Å². The van der Waals surface area contributed by atoms with Gasteiger partial charge in [0.25, 0.3) is 11.8 Å². The smallest absolute Gasteiger partial charge is 0.371 e. The quantitative estimate of drug-likeness (QED) is 0.391. The first-order chi connectivity index (χ1) is 19.1. The Morgan fingerprint density at radius 1 is 1.02 bits per heavy atom. The molecule has 1 unspecified atom stereocenters. The van der Waals surface area contributed by atoms with Gasteiger partial charge in [-0.3, -0.25) is 14.6 Å². The fraction of sp³-hybridized carbons (Fsp3) is 0.367. The van der Waals surface area contributed by atoms with Crippen LogP contribution in [0.2, 0.25) is 5.02 Å². The number of nitrogens with zero attached hydrogens (tertiary/aromatic N) is 3. The van der Waals surface area contributed by atoms with Crippen molar-refractivity contribution in [3.63, 3.8) is 0 Å². The van der Waals surface area contributed by atoms with Gasteiger partial charge in [-0.25, -0.2) is 0 Å². The van der Waals surface area contributed by atoms with E-state index in [1.165, 1.54) is 0 Å². The van der Waals surface area contributed by atoms with E-state index in [1.54, 1.807) is 17.3 Å². The second-order valence-electron chi connectivity index (χ2n) is 10.4. The predicted octanol–water partition coefficient (Wildman–Crippen LogP) is 6.30. The lowest BCUT2D eigenvalue weighted by Crippen LogP contribution is -2.45. The van der Waals surface area contributed by atoms with Crippen molar-refractivity contribution in [3.8, 4) is 0 Å². The minimum atomic E-state index is -4.59. The third kappa shape index (κ3) is 5.94. The van der Waals surface area contributed by atoms with Gasteiger partial charge in [-0.15, -0.1) is 0 Å². The molecular weight excluding hydrogens is 541 g/mol. The molecule has 1 fully saturated rings. The number of nitrogens with one attached hydrogen (secondary N) is 1.